The van der Waals surface area contributed by atoms with E-state index in [1.54, 1.807) is 30.0 Å². The van der Waals surface area contributed by atoms with Gasteiger partial charge in [0.2, 0.25) is 0 Å². The highest BCUT2D eigenvalue weighted by atomic mass is 32.2. The number of hydrogen-bond donors (Lipinski definition) is 3. The molecule has 3 N–H and O–H groups in total. The standard InChI is InChI=1S/C40H40N2O5S/c1-39(2,3)47-38(45)42-34(27-41-33-22-14-24-36(26-33)46-35-23-13-15-29(25-35)37(43)44)28-48-40(30-16-7-4-8-17-30,31-18-9-5-10-19-31)32-20-11-6-12-21-32/h4-26,34,41H,27-28H2,1-3H3,(H,42,45)(H,43,44)/t34-/m1/s1. The zero-order valence-electron chi connectivity index (χ0n) is 27.3. The molecule has 0 radical (unpaired) electrons. The van der Waals surface area contributed by atoms with Crippen LogP contribution in [0.3, 0.4) is 0 Å². The van der Waals surface area contributed by atoms with Gasteiger partial charge in [-0.05, 0) is 67.8 Å². The summed E-state index contributed by atoms with van der Waals surface area (Å²) in [6.45, 7) is 5.94. The van der Waals surface area contributed by atoms with Crippen LogP contribution in [-0.2, 0) is 9.48 Å². The number of hydrogen-bond acceptors (Lipinski definition) is 6. The molecule has 0 aromatic heterocycles. The molecule has 1 atom stereocenters. The molecule has 1 amide bonds. The van der Waals surface area contributed by atoms with E-state index in [1.807, 2.05) is 57.2 Å². The molecule has 0 saturated heterocycles. The Labute approximate surface area is 286 Å². The van der Waals surface area contributed by atoms with Crippen LogP contribution in [0.4, 0.5) is 10.5 Å². The van der Waals surface area contributed by atoms with Crippen molar-refractivity contribution in [2.24, 2.45) is 0 Å². The van der Waals surface area contributed by atoms with Gasteiger partial charge in [-0.3, -0.25) is 0 Å². The molecule has 246 valence electrons. The predicted octanol–water partition coefficient (Wildman–Crippen LogP) is 9.21. The molecule has 5 aromatic rings. The third-order valence-corrected chi connectivity index (χ3v) is 9.18. The molecular formula is C40H40N2O5S. The lowest BCUT2D eigenvalue weighted by Gasteiger charge is -2.37. The number of carboxylic acid groups (broad SMARTS) is 1. The SMILES string of the molecule is CC(C)(C)OC(=O)N[C@H](CNc1cccc(Oc2cccc(C(=O)O)c2)c1)CSC(c1ccccc1)(c1ccccc1)c1ccccc1. The lowest BCUT2D eigenvalue weighted by Crippen LogP contribution is -2.45. The van der Waals surface area contributed by atoms with E-state index >= 15 is 0 Å². The first-order valence-electron chi connectivity index (χ1n) is 15.8. The van der Waals surface area contributed by atoms with Crippen molar-refractivity contribution in [3.8, 4) is 11.5 Å². The molecule has 0 heterocycles. The molecule has 0 aliphatic carbocycles. The Hall–Kier alpha value is -5.21. The number of nitrogens with one attached hydrogen (secondary N) is 2. The number of carbonyl (C=O) groups excluding carboxylic acids is 1. The predicted molar refractivity (Wildman–Crippen MR) is 193 cm³/mol. The molecule has 0 spiro atoms. The summed E-state index contributed by atoms with van der Waals surface area (Å²) >= 11 is 1.76. The largest absolute Gasteiger partial charge is 0.478 e. The third kappa shape index (κ3) is 8.98. The van der Waals surface area contributed by atoms with Crippen molar-refractivity contribution in [1.29, 1.82) is 0 Å². The normalized spacial score (nSPS) is 12.1. The van der Waals surface area contributed by atoms with Gasteiger partial charge in [0, 0.05) is 24.1 Å². The summed E-state index contributed by atoms with van der Waals surface area (Å²) in [6, 6.07) is 44.8. The van der Waals surface area contributed by atoms with Crippen LogP contribution in [0, 0.1) is 0 Å². The average Bonchev–Trinajstić information content (AvgIpc) is 3.08. The van der Waals surface area contributed by atoms with Gasteiger partial charge in [0.1, 0.15) is 17.1 Å². The van der Waals surface area contributed by atoms with Gasteiger partial charge < -0.3 is 25.2 Å². The Balaban J connectivity index is 1.42. The van der Waals surface area contributed by atoms with Crippen molar-refractivity contribution in [3.63, 3.8) is 0 Å². The second-order valence-corrected chi connectivity index (χ2v) is 13.5. The van der Waals surface area contributed by atoms with Crippen LogP contribution in [0.1, 0.15) is 47.8 Å². The Bertz CT molecular complexity index is 1700. The Morgan fingerprint density at radius 3 is 1.75 bits per heavy atom. The minimum Gasteiger partial charge on any atom is -0.478 e. The van der Waals surface area contributed by atoms with Gasteiger partial charge in [-0.1, -0.05) is 103 Å². The topological polar surface area (TPSA) is 96.9 Å². The highest BCUT2D eigenvalue weighted by Crippen LogP contribution is 2.48. The number of alkyl carbamates (subject to hydrolysis) is 1. The molecule has 48 heavy (non-hydrogen) atoms. The molecule has 5 rings (SSSR count). The van der Waals surface area contributed by atoms with E-state index in [1.165, 1.54) is 12.1 Å². The number of ether oxygens (including phenoxy) is 2. The van der Waals surface area contributed by atoms with Crippen molar-refractivity contribution in [1.82, 2.24) is 5.32 Å². The van der Waals surface area contributed by atoms with Gasteiger partial charge in [-0.2, -0.15) is 0 Å². The molecule has 5 aromatic carbocycles. The highest BCUT2D eigenvalue weighted by Gasteiger charge is 2.37. The fraction of sp³-hybridized carbons (Fsp3) is 0.200. The van der Waals surface area contributed by atoms with Crippen molar-refractivity contribution >= 4 is 29.5 Å². The Kier molecular flexibility index (Phi) is 11.1. The fourth-order valence-electron chi connectivity index (χ4n) is 5.36. The summed E-state index contributed by atoms with van der Waals surface area (Å²) in [4.78, 5) is 24.5. The molecule has 0 unspecified atom stereocenters. The monoisotopic (exact) mass is 660 g/mol. The van der Waals surface area contributed by atoms with Crippen LogP contribution >= 0.6 is 11.8 Å². The van der Waals surface area contributed by atoms with Gasteiger partial charge in [0.25, 0.3) is 0 Å². The minimum atomic E-state index is -1.02. The van der Waals surface area contributed by atoms with Crippen LogP contribution in [0.25, 0.3) is 0 Å². The summed E-state index contributed by atoms with van der Waals surface area (Å²) in [5, 5.41) is 15.9. The van der Waals surface area contributed by atoms with Gasteiger partial charge in [0.15, 0.2) is 0 Å². The number of amides is 1. The number of anilines is 1. The smallest absolute Gasteiger partial charge is 0.407 e. The Morgan fingerprint density at radius 2 is 1.23 bits per heavy atom. The van der Waals surface area contributed by atoms with Gasteiger partial charge in [-0.15, -0.1) is 11.8 Å². The number of carbonyl (C=O) groups is 2. The summed E-state index contributed by atoms with van der Waals surface area (Å²) in [6.07, 6.45) is -0.491. The zero-order valence-corrected chi connectivity index (χ0v) is 28.1. The van der Waals surface area contributed by atoms with E-state index in [-0.39, 0.29) is 11.6 Å². The van der Waals surface area contributed by atoms with E-state index in [2.05, 4.69) is 83.4 Å². The van der Waals surface area contributed by atoms with Crippen LogP contribution in [0.5, 0.6) is 11.5 Å². The summed E-state index contributed by atoms with van der Waals surface area (Å²) < 4.78 is 11.1. The molecule has 0 aliphatic rings. The third-order valence-electron chi connectivity index (χ3n) is 7.47. The fourth-order valence-corrected chi connectivity index (χ4v) is 6.92. The number of thioether (sulfide) groups is 1. The molecule has 0 bridgehead atoms. The first kappa shape index (κ1) is 34.1. The first-order valence-corrected chi connectivity index (χ1v) is 16.8. The molecule has 0 saturated carbocycles. The van der Waals surface area contributed by atoms with Crippen LogP contribution in [0.15, 0.2) is 140 Å². The molecule has 0 fully saturated rings. The molecule has 8 heteroatoms. The van der Waals surface area contributed by atoms with Crippen molar-refractivity contribution in [2.75, 3.05) is 17.6 Å². The number of aromatic carboxylic acids is 1. The van der Waals surface area contributed by atoms with Crippen LogP contribution in [0.2, 0.25) is 0 Å². The zero-order chi connectivity index (χ0) is 34.0. The van der Waals surface area contributed by atoms with E-state index in [9.17, 15) is 14.7 Å². The second-order valence-electron chi connectivity index (χ2n) is 12.3. The maximum atomic E-state index is 13.1. The van der Waals surface area contributed by atoms with Crippen molar-refractivity contribution < 1.29 is 24.2 Å². The molecular weight excluding hydrogens is 621 g/mol. The van der Waals surface area contributed by atoms with Gasteiger partial charge in [-0.25, -0.2) is 9.59 Å². The van der Waals surface area contributed by atoms with E-state index < -0.39 is 22.4 Å². The van der Waals surface area contributed by atoms with Crippen LogP contribution in [-0.4, -0.2) is 41.1 Å². The van der Waals surface area contributed by atoms with E-state index in [4.69, 9.17) is 9.47 Å². The quantitative estimate of drug-likeness (QED) is 0.108. The van der Waals surface area contributed by atoms with Crippen molar-refractivity contribution in [3.05, 3.63) is 162 Å². The maximum Gasteiger partial charge on any atom is 0.407 e. The summed E-state index contributed by atoms with van der Waals surface area (Å²) in [5.41, 5.74) is 3.67. The second kappa shape index (κ2) is 15.6. The number of benzene rings is 5. The summed E-state index contributed by atoms with van der Waals surface area (Å²) in [7, 11) is 0. The minimum absolute atomic E-state index is 0.146. The van der Waals surface area contributed by atoms with E-state index in [0.717, 1.165) is 22.4 Å². The van der Waals surface area contributed by atoms with Crippen LogP contribution < -0.4 is 15.4 Å². The molecule has 7 nitrogen and oxygen atoms in total. The lowest BCUT2D eigenvalue weighted by atomic mass is 9.84. The number of carboxylic acids is 1. The summed E-state index contributed by atoms with van der Waals surface area (Å²) in [5.74, 6) is 0.494. The lowest BCUT2D eigenvalue weighted by molar-refractivity contribution is 0.0511. The van der Waals surface area contributed by atoms with Gasteiger partial charge in [0.05, 0.1) is 16.4 Å². The molecule has 0 aliphatic heterocycles. The maximum absolute atomic E-state index is 13.1. The van der Waals surface area contributed by atoms with Crippen molar-refractivity contribution in [2.45, 2.75) is 37.2 Å². The average molecular weight is 661 g/mol. The highest BCUT2D eigenvalue weighted by molar-refractivity contribution is 8.00. The Morgan fingerprint density at radius 1 is 0.708 bits per heavy atom. The first-order chi connectivity index (χ1) is 23.1. The van der Waals surface area contributed by atoms with E-state index in [0.29, 0.717) is 23.8 Å². The number of rotatable bonds is 13. The van der Waals surface area contributed by atoms with Gasteiger partial charge >= 0.3 is 12.1 Å².